The monoisotopic (exact) mass is 585 g/mol. The third-order valence-electron chi connectivity index (χ3n) is 6.25. The first-order chi connectivity index (χ1) is 18.4. The number of nitro groups is 1. The molecule has 5 rings (SSSR count). The molecule has 2 aromatic heterocycles. The Morgan fingerprint density at radius 1 is 0.923 bits per heavy atom. The molecule has 3 aromatic carbocycles. The topological polar surface area (TPSA) is 154 Å². The van der Waals surface area contributed by atoms with Crippen molar-refractivity contribution in [2.45, 2.75) is 34.1 Å². The first-order valence-corrected chi connectivity index (χ1v) is 15.1. The Hall–Kier alpha value is -3.94. The maximum Gasteiger partial charge on any atom is 0.285 e. The van der Waals surface area contributed by atoms with Crippen LogP contribution in [0.25, 0.3) is 16.4 Å². The van der Waals surface area contributed by atoms with E-state index in [0.29, 0.717) is 0 Å². The number of fused-ring (bicyclic) bond motifs is 3. The molecule has 0 N–H and O–H groups in total. The molecule has 0 saturated heterocycles. The fourth-order valence-corrected chi connectivity index (χ4v) is 7.28. The van der Waals surface area contributed by atoms with Crippen LogP contribution in [0.2, 0.25) is 0 Å². The lowest BCUT2D eigenvalue weighted by Crippen LogP contribution is -2.14. The number of rotatable bonds is 7. The van der Waals surface area contributed by atoms with Crippen molar-refractivity contribution in [2.75, 3.05) is 0 Å². The minimum Gasteiger partial charge on any atom is -0.258 e. The first-order valence-electron chi connectivity index (χ1n) is 11.4. The smallest absolute Gasteiger partial charge is 0.258 e. The van der Waals surface area contributed by atoms with E-state index in [1.54, 1.807) is 31.2 Å². The van der Waals surface area contributed by atoms with Gasteiger partial charge in [0.2, 0.25) is 9.84 Å². The number of hydrogen-bond acceptors (Lipinski definition) is 9. The fourth-order valence-electron chi connectivity index (χ4n) is 4.23. The lowest BCUT2D eigenvalue weighted by molar-refractivity contribution is -0.383. The molecule has 39 heavy (non-hydrogen) atoms. The van der Waals surface area contributed by atoms with Crippen molar-refractivity contribution < 1.29 is 21.8 Å². The van der Waals surface area contributed by atoms with Crippen LogP contribution in [0.3, 0.4) is 0 Å². The molecule has 0 fully saturated rings. The number of aromatic nitrogens is 4. The van der Waals surface area contributed by atoms with E-state index in [2.05, 4.69) is 15.3 Å². The van der Waals surface area contributed by atoms with Gasteiger partial charge in [0.15, 0.2) is 20.2 Å². The summed E-state index contributed by atoms with van der Waals surface area (Å²) in [5, 5.41) is 24.3. The minimum absolute atomic E-state index is 0.00977. The van der Waals surface area contributed by atoms with Gasteiger partial charge in [0.05, 0.1) is 20.5 Å². The molecule has 0 radical (unpaired) electrons. The van der Waals surface area contributed by atoms with Gasteiger partial charge in [-0.05, 0) is 38.1 Å². The van der Waals surface area contributed by atoms with Gasteiger partial charge in [0.25, 0.3) is 5.69 Å². The quantitative estimate of drug-likeness (QED) is 0.153. The van der Waals surface area contributed by atoms with Crippen molar-refractivity contribution in [1.29, 1.82) is 0 Å². The summed E-state index contributed by atoms with van der Waals surface area (Å²) in [4.78, 5) is 11.6. The Balaban J connectivity index is 1.73. The van der Waals surface area contributed by atoms with E-state index in [1.807, 2.05) is 6.92 Å². The van der Waals surface area contributed by atoms with Crippen LogP contribution in [-0.4, -0.2) is 41.6 Å². The first kappa shape index (κ1) is 26.7. The highest BCUT2D eigenvalue weighted by Gasteiger charge is 2.34. The van der Waals surface area contributed by atoms with E-state index in [0.717, 1.165) is 22.0 Å². The van der Waals surface area contributed by atoms with Gasteiger partial charge in [-0.1, -0.05) is 59.1 Å². The summed E-state index contributed by atoms with van der Waals surface area (Å²) < 4.78 is 52.5. The van der Waals surface area contributed by atoms with Gasteiger partial charge in [-0.2, -0.15) is 9.61 Å². The summed E-state index contributed by atoms with van der Waals surface area (Å²) in [6.07, 6.45) is 1.15. The van der Waals surface area contributed by atoms with E-state index in [4.69, 9.17) is 11.6 Å². The molecular weight excluding hydrogens is 566 g/mol. The predicted octanol–water partition coefficient (Wildman–Crippen LogP) is 4.49. The number of nitro benzene ring substituents is 1. The summed E-state index contributed by atoms with van der Waals surface area (Å²) in [5.41, 5.74) is 0.806. The van der Waals surface area contributed by atoms with Crippen LogP contribution in [0, 0.1) is 24.0 Å². The van der Waals surface area contributed by atoms with Crippen LogP contribution in [0.15, 0.2) is 76.8 Å². The number of nitrogens with zero attached hydrogens (tertiary/aromatic N) is 5. The molecule has 0 aliphatic heterocycles. The molecular formula is C25H20ClN5O6S2. The van der Waals surface area contributed by atoms with E-state index in [1.165, 1.54) is 36.4 Å². The second-order valence-corrected chi connectivity index (χ2v) is 13.7. The molecule has 5 aromatic rings. The highest BCUT2D eigenvalue weighted by atomic mass is 35.5. The Morgan fingerprint density at radius 3 is 2.10 bits per heavy atom. The Labute approximate surface area is 228 Å². The lowest BCUT2D eigenvalue weighted by atomic mass is 10.1. The molecule has 11 nitrogen and oxygen atoms in total. The third-order valence-corrected chi connectivity index (χ3v) is 10.5. The van der Waals surface area contributed by atoms with Gasteiger partial charge in [-0.25, -0.2) is 16.8 Å². The zero-order chi connectivity index (χ0) is 28.1. The number of benzene rings is 3. The van der Waals surface area contributed by atoms with Gasteiger partial charge in [0, 0.05) is 10.9 Å². The van der Waals surface area contributed by atoms with E-state index < -0.39 is 40.7 Å². The fraction of sp³-hybridized carbons (Fsp3) is 0.160. The van der Waals surface area contributed by atoms with Gasteiger partial charge < -0.3 is 0 Å². The molecule has 0 spiro atoms. The van der Waals surface area contributed by atoms with Gasteiger partial charge >= 0.3 is 0 Å². The molecule has 0 saturated carbocycles. The molecule has 0 aliphatic carbocycles. The van der Waals surface area contributed by atoms with Gasteiger partial charge in [0.1, 0.15) is 17.4 Å². The highest BCUT2D eigenvalue weighted by Crippen LogP contribution is 2.40. The number of halogens is 1. The van der Waals surface area contributed by atoms with Crippen molar-refractivity contribution in [3.63, 3.8) is 0 Å². The van der Waals surface area contributed by atoms with Crippen molar-refractivity contribution in [3.8, 4) is 0 Å². The van der Waals surface area contributed by atoms with Crippen LogP contribution in [0.5, 0.6) is 0 Å². The molecule has 1 atom stereocenters. The summed E-state index contributed by atoms with van der Waals surface area (Å²) in [6.45, 7) is 3.61. The van der Waals surface area contributed by atoms with Crippen molar-refractivity contribution in [2.24, 2.45) is 0 Å². The van der Waals surface area contributed by atoms with E-state index in [-0.39, 0.29) is 37.5 Å². The number of aryl methyl sites for hydroxylation is 2. The number of hydrogen-bond donors (Lipinski definition) is 0. The number of alkyl halides is 1. The van der Waals surface area contributed by atoms with Crippen molar-refractivity contribution in [1.82, 2.24) is 19.8 Å². The summed E-state index contributed by atoms with van der Waals surface area (Å²) in [6, 6.07) is 14.8. The average molecular weight is 586 g/mol. The zero-order valence-corrected chi connectivity index (χ0v) is 22.9. The van der Waals surface area contributed by atoms with E-state index in [9.17, 15) is 26.9 Å². The minimum atomic E-state index is -4.18. The zero-order valence-electron chi connectivity index (χ0n) is 20.5. The van der Waals surface area contributed by atoms with Gasteiger partial charge in [-0.15, -0.1) is 10.2 Å². The summed E-state index contributed by atoms with van der Waals surface area (Å²) >= 11 is 6.52. The Morgan fingerprint density at radius 2 is 1.51 bits per heavy atom. The second kappa shape index (κ2) is 9.67. The van der Waals surface area contributed by atoms with Crippen LogP contribution < -0.4 is 0 Å². The van der Waals surface area contributed by atoms with Crippen LogP contribution in [0.4, 0.5) is 5.69 Å². The van der Waals surface area contributed by atoms with Crippen molar-refractivity contribution >= 4 is 53.4 Å². The highest BCUT2D eigenvalue weighted by molar-refractivity contribution is 7.93. The summed E-state index contributed by atoms with van der Waals surface area (Å²) in [5.74, 6) is -0.674. The molecule has 1 unspecified atom stereocenters. The lowest BCUT2D eigenvalue weighted by Gasteiger charge is -2.15. The van der Waals surface area contributed by atoms with Gasteiger partial charge in [-0.3, -0.25) is 10.1 Å². The van der Waals surface area contributed by atoms with Crippen LogP contribution in [0.1, 0.15) is 27.1 Å². The molecule has 0 bridgehead atoms. The Kier molecular flexibility index (Phi) is 6.61. The molecule has 0 amide bonds. The molecule has 0 aliphatic rings. The van der Waals surface area contributed by atoms with Crippen LogP contribution >= 0.6 is 11.6 Å². The third kappa shape index (κ3) is 4.73. The second-order valence-electron chi connectivity index (χ2n) is 8.98. The van der Waals surface area contributed by atoms with Crippen LogP contribution in [-0.2, 0) is 25.4 Å². The Bertz CT molecular complexity index is 1970. The maximum atomic E-state index is 13.4. The number of sulfone groups is 2. The average Bonchev–Trinajstić information content (AvgIpc) is 3.36. The molecule has 200 valence electrons. The standard InChI is InChI=1S/C25H20ClN5O6S2/c1-15-3-8-18(9-4-15)38(34,35)13-17-7-12-20-21(23(17)31(32)33)25-28-27-14-30(25)29-22(20)24(26)39(36,37)19-10-5-16(2)6-11-19/h3-12,14,24H,13H2,1-2H3. The van der Waals surface area contributed by atoms with E-state index >= 15 is 0 Å². The largest absolute Gasteiger partial charge is 0.285 e. The predicted molar refractivity (Wildman–Crippen MR) is 144 cm³/mol. The summed E-state index contributed by atoms with van der Waals surface area (Å²) in [7, 11) is -8.15. The molecule has 14 heteroatoms. The maximum absolute atomic E-state index is 13.4. The van der Waals surface area contributed by atoms with Crippen molar-refractivity contribution in [3.05, 3.63) is 99.5 Å². The normalized spacial score (nSPS) is 13.1. The molecule has 2 heterocycles. The SMILES string of the molecule is Cc1ccc(S(=O)(=O)Cc2ccc3c(C(Cl)S(=O)(=O)c4ccc(C)cc4)nn4cnnc4c3c2[N+](=O)[O-])cc1.